The van der Waals surface area contributed by atoms with E-state index in [9.17, 15) is 5.11 Å². The van der Waals surface area contributed by atoms with Crippen molar-refractivity contribution in [1.82, 2.24) is 4.90 Å². The van der Waals surface area contributed by atoms with Crippen molar-refractivity contribution in [2.24, 2.45) is 0 Å². The number of piperidine rings is 1. The van der Waals surface area contributed by atoms with Gasteiger partial charge in [0.1, 0.15) is 0 Å². The summed E-state index contributed by atoms with van der Waals surface area (Å²) in [7, 11) is 0. The molecule has 13 heavy (non-hydrogen) atoms. The van der Waals surface area contributed by atoms with Crippen molar-refractivity contribution >= 4 is 0 Å². The Bertz CT molecular complexity index is 136. The zero-order valence-electron chi connectivity index (χ0n) is 9.00. The molecule has 2 heteroatoms. The molecule has 1 unspecified atom stereocenters. The van der Waals surface area contributed by atoms with Crippen LogP contribution in [0.25, 0.3) is 0 Å². The van der Waals surface area contributed by atoms with E-state index in [4.69, 9.17) is 0 Å². The number of unbranched alkanes of at least 4 members (excludes halogenated alkanes) is 1. The summed E-state index contributed by atoms with van der Waals surface area (Å²) in [5.74, 6) is 0. The smallest absolute Gasteiger partial charge is 0.0567 e. The van der Waals surface area contributed by atoms with Crippen molar-refractivity contribution in [2.45, 2.75) is 58.1 Å². The topological polar surface area (TPSA) is 23.5 Å². The predicted molar refractivity (Wildman–Crippen MR) is 55.8 cm³/mol. The summed E-state index contributed by atoms with van der Waals surface area (Å²) >= 11 is 0. The fourth-order valence-corrected chi connectivity index (χ4v) is 2.16. The third-order valence-corrected chi connectivity index (χ3v) is 3.08. The van der Waals surface area contributed by atoms with Gasteiger partial charge in [0.05, 0.1) is 6.10 Å². The minimum Gasteiger partial charge on any atom is -0.393 e. The van der Waals surface area contributed by atoms with Gasteiger partial charge in [-0.25, -0.2) is 0 Å². The lowest BCUT2D eigenvalue weighted by molar-refractivity contribution is 0.0393. The van der Waals surface area contributed by atoms with Crippen molar-refractivity contribution in [3.05, 3.63) is 0 Å². The average Bonchev–Trinajstić information content (AvgIpc) is 2.16. The molecule has 0 radical (unpaired) electrons. The fourth-order valence-electron chi connectivity index (χ4n) is 2.16. The second kappa shape index (κ2) is 5.61. The normalized spacial score (nSPS) is 30.7. The Labute approximate surface area is 81.9 Å². The monoisotopic (exact) mass is 185 g/mol. The average molecular weight is 185 g/mol. The van der Waals surface area contributed by atoms with Crippen LogP contribution in [0.5, 0.6) is 0 Å². The molecule has 78 valence electrons. The standard InChI is InChI=1S/C11H23NO/c1-3-5-7-12-8-6-11(13)9-10(12)4-2/h10-11,13H,3-9H2,1-2H3/t10-,11?/m1/s1. The maximum Gasteiger partial charge on any atom is 0.0567 e. The van der Waals surface area contributed by atoms with Crippen LogP contribution < -0.4 is 0 Å². The molecule has 2 atom stereocenters. The highest BCUT2D eigenvalue weighted by molar-refractivity contribution is 4.80. The molecular formula is C11H23NO. The zero-order valence-corrected chi connectivity index (χ0v) is 9.00. The molecule has 2 nitrogen and oxygen atoms in total. The van der Waals surface area contributed by atoms with E-state index in [2.05, 4.69) is 18.7 Å². The molecule has 1 N–H and O–H groups in total. The van der Waals surface area contributed by atoms with E-state index in [1.807, 2.05) is 0 Å². The van der Waals surface area contributed by atoms with E-state index in [1.54, 1.807) is 0 Å². The Morgan fingerprint density at radius 3 is 2.77 bits per heavy atom. The summed E-state index contributed by atoms with van der Waals surface area (Å²) in [5.41, 5.74) is 0. The molecular weight excluding hydrogens is 162 g/mol. The summed E-state index contributed by atoms with van der Waals surface area (Å²) < 4.78 is 0. The first-order valence-electron chi connectivity index (χ1n) is 5.70. The van der Waals surface area contributed by atoms with E-state index < -0.39 is 0 Å². The number of hydrogen-bond donors (Lipinski definition) is 1. The van der Waals surface area contributed by atoms with Crippen LogP contribution in [0.15, 0.2) is 0 Å². The van der Waals surface area contributed by atoms with Crippen molar-refractivity contribution in [3.8, 4) is 0 Å². The highest BCUT2D eigenvalue weighted by atomic mass is 16.3. The van der Waals surface area contributed by atoms with Gasteiger partial charge < -0.3 is 10.0 Å². The minimum absolute atomic E-state index is 0.0390. The van der Waals surface area contributed by atoms with Gasteiger partial charge in [0, 0.05) is 12.6 Å². The van der Waals surface area contributed by atoms with Crippen molar-refractivity contribution in [2.75, 3.05) is 13.1 Å². The molecule has 1 heterocycles. The van der Waals surface area contributed by atoms with Crippen LogP contribution in [-0.4, -0.2) is 35.2 Å². The van der Waals surface area contributed by atoms with E-state index in [-0.39, 0.29) is 6.10 Å². The van der Waals surface area contributed by atoms with Crippen LogP contribution in [-0.2, 0) is 0 Å². The van der Waals surface area contributed by atoms with Crippen LogP contribution in [0, 0.1) is 0 Å². The number of likely N-dealkylation sites (tertiary alicyclic amines) is 1. The quantitative estimate of drug-likeness (QED) is 0.724. The molecule has 0 aromatic heterocycles. The predicted octanol–water partition coefficient (Wildman–Crippen LogP) is 2.02. The molecule has 1 rings (SSSR count). The highest BCUT2D eigenvalue weighted by Gasteiger charge is 2.24. The summed E-state index contributed by atoms with van der Waals surface area (Å²) in [6, 6.07) is 0.635. The number of aliphatic hydroxyl groups excluding tert-OH is 1. The molecule has 1 saturated heterocycles. The van der Waals surface area contributed by atoms with Gasteiger partial charge in [0.2, 0.25) is 0 Å². The van der Waals surface area contributed by atoms with Crippen molar-refractivity contribution < 1.29 is 5.11 Å². The maximum atomic E-state index is 9.53. The van der Waals surface area contributed by atoms with Gasteiger partial charge in [-0.15, -0.1) is 0 Å². The molecule has 1 aliphatic rings. The first-order valence-corrected chi connectivity index (χ1v) is 5.70. The van der Waals surface area contributed by atoms with E-state index >= 15 is 0 Å². The number of aliphatic hydroxyl groups is 1. The number of hydrogen-bond acceptors (Lipinski definition) is 2. The lowest BCUT2D eigenvalue weighted by atomic mass is 9.97. The zero-order chi connectivity index (χ0) is 9.68. The summed E-state index contributed by atoms with van der Waals surface area (Å²) in [4.78, 5) is 2.55. The van der Waals surface area contributed by atoms with Crippen LogP contribution in [0.3, 0.4) is 0 Å². The summed E-state index contributed by atoms with van der Waals surface area (Å²) in [6.45, 7) is 6.78. The van der Waals surface area contributed by atoms with Crippen LogP contribution >= 0.6 is 0 Å². The van der Waals surface area contributed by atoms with E-state index in [0.717, 1.165) is 19.4 Å². The number of rotatable bonds is 4. The first kappa shape index (κ1) is 11.0. The molecule has 0 aromatic rings. The van der Waals surface area contributed by atoms with Gasteiger partial charge in [0.15, 0.2) is 0 Å². The largest absolute Gasteiger partial charge is 0.393 e. The Kier molecular flexibility index (Phi) is 4.74. The van der Waals surface area contributed by atoms with Crippen molar-refractivity contribution in [1.29, 1.82) is 0 Å². The van der Waals surface area contributed by atoms with Crippen molar-refractivity contribution in [3.63, 3.8) is 0 Å². The number of nitrogens with zero attached hydrogens (tertiary/aromatic N) is 1. The maximum absolute atomic E-state index is 9.53. The van der Waals surface area contributed by atoms with Gasteiger partial charge in [-0.3, -0.25) is 0 Å². The Balaban J connectivity index is 2.33. The third kappa shape index (κ3) is 3.28. The van der Waals surface area contributed by atoms with Gasteiger partial charge in [-0.05, 0) is 32.2 Å². The Hall–Kier alpha value is -0.0800. The lowest BCUT2D eigenvalue weighted by Crippen LogP contribution is -2.44. The molecule has 0 spiro atoms. The molecule has 0 amide bonds. The lowest BCUT2D eigenvalue weighted by Gasteiger charge is -2.37. The fraction of sp³-hybridized carbons (Fsp3) is 1.00. The summed E-state index contributed by atoms with van der Waals surface area (Å²) in [6.07, 6.45) is 5.67. The van der Waals surface area contributed by atoms with Crippen LogP contribution in [0.2, 0.25) is 0 Å². The third-order valence-electron chi connectivity index (χ3n) is 3.08. The molecule has 1 aliphatic heterocycles. The van der Waals surface area contributed by atoms with Gasteiger partial charge in [0.25, 0.3) is 0 Å². The molecule has 1 fully saturated rings. The SMILES string of the molecule is CCCCN1CCC(O)C[C@H]1CC. The Morgan fingerprint density at radius 1 is 1.38 bits per heavy atom. The second-order valence-corrected chi connectivity index (χ2v) is 4.13. The van der Waals surface area contributed by atoms with Crippen LogP contribution in [0.1, 0.15) is 46.0 Å². The second-order valence-electron chi connectivity index (χ2n) is 4.13. The molecule has 0 aromatic carbocycles. The van der Waals surface area contributed by atoms with Gasteiger partial charge in [-0.1, -0.05) is 20.3 Å². The van der Waals surface area contributed by atoms with E-state index in [0.29, 0.717) is 6.04 Å². The first-order chi connectivity index (χ1) is 6.27. The highest BCUT2D eigenvalue weighted by Crippen LogP contribution is 2.20. The van der Waals surface area contributed by atoms with Crippen LogP contribution in [0.4, 0.5) is 0 Å². The summed E-state index contributed by atoms with van der Waals surface area (Å²) in [5, 5.41) is 9.53. The van der Waals surface area contributed by atoms with Gasteiger partial charge >= 0.3 is 0 Å². The van der Waals surface area contributed by atoms with Gasteiger partial charge in [-0.2, -0.15) is 0 Å². The minimum atomic E-state index is -0.0390. The Morgan fingerprint density at radius 2 is 2.15 bits per heavy atom. The molecule has 0 saturated carbocycles. The molecule has 0 aliphatic carbocycles. The molecule has 0 bridgehead atoms. The van der Waals surface area contributed by atoms with E-state index in [1.165, 1.54) is 25.8 Å².